The number of halogens is 1. The van der Waals surface area contributed by atoms with E-state index in [2.05, 4.69) is 5.32 Å². The monoisotopic (exact) mass is 428 g/mol. The molecule has 1 N–H and O–H groups in total. The number of carbonyl (C=O) groups excluding carboxylic acids is 1. The number of carbonyl (C=O) groups is 1. The number of nitrogens with one attached hydrogen (secondary N) is 1. The lowest BCUT2D eigenvalue weighted by Crippen LogP contribution is -2.51. The van der Waals surface area contributed by atoms with E-state index in [-0.39, 0.29) is 17.9 Å². The number of methoxy groups -OCH3 is 2. The number of nitrogens with zero attached hydrogens (tertiary/aromatic N) is 1. The van der Waals surface area contributed by atoms with Gasteiger partial charge in [-0.15, -0.1) is 0 Å². The van der Waals surface area contributed by atoms with Crippen LogP contribution in [0, 0.1) is 5.82 Å². The van der Waals surface area contributed by atoms with E-state index in [9.17, 15) is 9.18 Å². The maximum absolute atomic E-state index is 13.2. The molecule has 31 heavy (non-hydrogen) atoms. The molecule has 1 fully saturated rings. The molecule has 1 atom stereocenters. The van der Waals surface area contributed by atoms with Gasteiger partial charge in [0.1, 0.15) is 5.82 Å². The summed E-state index contributed by atoms with van der Waals surface area (Å²) in [6.07, 6.45) is 2.26. The van der Waals surface area contributed by atoms with Crippen molar-refractivity contribution >= 4 is 6.03 Å². The Labute approximate surface area is 182 Å². The molecule has 0 bridgehead atoms. The second kappa shape index (κ2) is 8.75. The van der Waals surface area contributed by atoms with Gasteiger partial charge in [0, 0.05) is 13.1 Å². The summed E-state index contributed by atoms with van der Waals surface area (Å²) < 4.78 is 30.4. The highest BCUT2D eigenvalue weighted by molar-refractivity contribution is 5.75. The van der Waals surface area contributed by atoms with Gasteiger partial charge >= 0.3 is 6.03 Å². The molecule has 1 spiro atoms. The predicted molar refractivity (Wildman–Crippen MR) is 115 cm³/mol. The van der Waals surface area contributed by atoms with Crippen molar-refractivity contribution in [3.05, 3.63) is 58.9 Å². The van der Waals surface area contributed by atoms with Gasteiger partial charge in [0.05, 0.1) is 32.5 Å². The summed E-state index contributed by atoms with van der Waals surface area (Å²) in [5, 5.41) is 3.02. The Morgan fingerprint density at radius 3 is 2.42 bits per heavy atom. The van der Waals surface area contributed by atoms with Crippen LogP contribution in [0.2, 0.25) is 0 Å². The van der Waals surface area contributed by atoms with Gasteiger partial charge in [-0.1, -0.05) is 12.1 Å². The predicted octanol–water partition coefficient (Wildman–Crippen LogP) is 4.18. The Hall–Kier alpha value is -2.80. The van der Waals surface area contributed by atoms with Crippen molar-refractivity contribution in [1.29, 1.82) is 0 Å². The minimum Gasteiger partial charge on any atom is -0.493 e. The van der Waals surface area contributed by atoms with E-state index < -0.39 is 5.60 Å². The van der Waals surface area contributed by atoms with Crippen LogP contribution in [-0.4, -0.2) is 44.8 Å². The number of hydrogen-bond acceptors (Lipinski definition) is 4. The molecule has 2 aliphatic heterocycles. The molecule has 0 radical (unpaired) electrons. The Kier molecular flexibility index (Phi) is 6.05. The van der Waals surface area contributed by atoms with Gasteiger partial charge in [-0.05, 0) is 67.1 Å². The van der Waals surface area contributed by atoms with Crippen molar-refractivity contribution in [3.63, 3.8) is 0 Å². The lowest BCUT2D eigenvalue weighted by molar-refractivity contribution is -0.0927. The number of hydrogen-bond donors (Lipinski definition) is 1. The molecule has 0 unspecified atom stereocenters. The molecule has 2 aliphatic rings. The van der Waals surface area contributed by atoms with Gasteiger partial charge in [0.2, 0.25) is 0 Å². The molecule has 2 aromatic carbocycles. The van der Waals surface area contributed by atoms with Crippen LogP contribution in [0.25, 0.3) is 0 Å². The summed E-state index contributed by atoms with van der Waals surface area (Å²) >= 11 is 0. The number of likely N-dealkylation sites (tertiary alicyclic amines) is 1. The largest absolute Gasteiger partial charge is 0.493 e. The maximum Gasteiger partial charge on any atom is 0.317 e. The Bertz CT molecular complexity index is 939. The van der Waals surface area contributed by atoms with Gasteiger partial charge in [-0.3, -0.25) is 0 Å². The molecule has 7 heteroatoms. The fraction of sp³-hybridized carbons (Fsp3) is 0.458. The number of ether oxygens (including phenoxy) is 3. The third-order valence-corrected chi connectivity index (χ3v) is 6.42. The highest BCUT2D eigenvalue weighted by Gasteiger charge is 2.42. The summed E-state index contributed by atoms with van der Waals surface area (Å²) in [4.78, 5) is 14.6. The van der Waals surface area contributed by atoms with Gasteiger partial charge in [-0.25, -0.2) is 9.18 Å². The quantitative estimate of drug-likeness (QED) is 0.794. The molecule has 2 aromatic rings. The number of piperidine rings is 1. The van der Waals surface area contributed by atoms with Crippen molar-refractivity contribution < 1.29 is 23.4 Å². The molecule has 2 amide bonds. The van der Waals surface area contributed by atoms with Gasteiger partial charge < -0.3 is 24.4 Å². The van der Waals surface area contributed by atoms with Crippen LogP contribution in [-0.2, 0) is 16.8 Å². The second-order valence-electron chi connectivity index (χ2n) is 8.17. The molecular formula is C24H29FN2O4. The van der Waals surface area contributed by atoms with E-state index in [1.165, 1.54) is 17.7 Å². The van der Waals surface area contributed by atoms with Crippen molar-refractivity contribution in [3.8, 4) is 11.5 Å². The molecule has 166 valence electrons. The average Bonchev–Trinajstić information content (AvgIpc) is 2.79. The van der Waals surface area contributed by atoms with Crippen LogP contribution in [0.15, 0.2) is 36.4 Å². The molecule has 0 saturated carbocycles. The van der Waals surface area contributed by atoms with Crippen molar-refractivity contribution in [2.24, 2.45) is 0 Å². The summed E-state index contributed by atoms with van der Waals surface area (Å²) in [5.41, 5.74) is 2.81. The van der Waals surface area contributed by atoms with E-state index in [1.807, 2.05) is 24.0 Å². The SMILES string of the molecule is COc1cc2c(cc1OC)C1(CCN(C(=O)N[C@H](C)c3ccc(F)cc3)CC1)OCC2. The molecule has 2 heterocycles. The topological polar surface area (TPSA) is 60.0 Å². The molecule has 0 aromatic heterocycles. The maximum atomic E-state index is 13.2. The average molecular weight is 429 g/mol. The van der Waals surface area contributed by atoms with E-state index in [4.69, 9.17) is 14.2 Å². The normalized spacial score (nSPS) is 18.3. The summed E-state index contributed by atoms with van der Waals surface area (Å²) in [6.45, 7) is 3.73. The van der Waals surface area contributed by atoms with Crippen molar-refractivity contribution in [2.75, 3.05) is 33.9 Å². The number of urea groups is 1. The third-order valence-electron chi connectivity index (χ3n) is 6.42. The number of benzene rings is 2. The van der Waals surface area contributed by atoms with Crippen LogP contribution in [0.1, 0.15) is 42.5 Å². The fourth-order valence-electron chi connectivity index (χ4n) is 4.58. The van der Waals surface area contributed by atoms with E-state index in [0.717, 1.165) is 23.3 Å². The minimum absolute atomic E-state index is 0.116. The lowest BCUT2D eigenvalue weighted by Gasteiger charge is -2.45. The summed E-state index contributed by atoms with van der Waals surface area (Å²) in [6, 6.07) is 9.96. The molecule has 1 saturated heterocycles. The first-order valence-electron chi connectivity index (χ1n) is 10.7. The zero-order valence-corrected chi connectivity index (χ0v) is 18.2. The zero-order valence-electron chi connectivity index (χ0n) is 18.2. The smallest absolute Gasteiger partial charge is 0.317 e. The Morgan fingerprint density at radius 2 is 1.77 bits per heavy atom. The van der Waals surface area contributed by atoms with E-state index >= 15 is 0 Å². The highest BCUT2D eigenvalue weighted by atomic mass is 19.1. The van der Waals surface area contributed by atoms with E-state index in [0.29, 0.717) is 38.3 Å². The first-order chi connectivity index (χ1) is 15.0. The molecule has 0 aliphatic carbocycles. The van der Waals surface area contributed by atoms with Gasteiger partial charge in [-0.2, -0.15) is 0 Å². The first kappa shape index (κ1) is 21.4. The number of rotatable bonds is 4. The van der Waals surface area contributed by atoms with Crippen LogP contribution in [0.3, 0.4) is 0 Å². The third kappa shape index (κ3) is 4.19. The fourth-order valence-corrected chi connectivity index (χ4v) is 4.58. The Morgan fingerprint density at radius 1 is 1.13 bits per heavy atom. The summed E-state index contributed by atoms with van der Waals surface area (Å²) in [5.74, 6) is 1.13. The van der Waals surface area contributed by atoms with Gasteiger partial charge in [0.15, 0.2) is 11.5 Å². The van der Waals surface area contributed by atoms with Crippen molar-refractivity contribution in [1.82, 2.24) is 10.2 Å². The number of fused-ring (bicyclic) bond motifs is 2. The molecular weight excluding hydrogens is 399 g/mol. The standard InChI is InChI=1S/C24H29FN2O4/c1-16(17-4-6-19(25)7-5-17)26-23(28)27-11-9-24(10-12-27)20-15-22(30-3)21(29-2)14-18(20)8-13-31-24/h4-7,14-16H,8-13H2,1-3H3,(H,26,28)/t16-/m1/s1. The summed E-state index contributed by atoms with van der Waals surface area (Å²) in [7, 11) is 3.28. The Balaban J connectivity index is 1.45. The first-order valence-corrected chi connectivity index (χ1v) is 10.7. The molecule has 6 nitrogen and oxygen atoms in total. The van der Waals surface area contributed by atoms with Crippen LogP contribution >= 0.6 is 0 Å². The van der Waals surface area contributed by atoms with Crippen LogP contribution in [0.4, 0.5) is 9.18 Å². The van der Waals surface area contributed by atoms with Crippen LogP contribution in [0.5, 0.6) is 11.5 Å². The van der Waals surface area contributed by atoms with Crippen molar-refractivity contribution in [2.45, 2.75) is 37.8 Å². The van der Waals surface area contributed by atoms with Crippen LogP contribution < -0.4 is 14.8 Å². The zero-order chi connectivity index (χ0) is 22.0. The molecule has 4 rings (SSSR count). The van der Waals surface area contributed by atoms with E-state index in [1.54, 1.807) is 26.4 Å². The number of amides is 2. The minimum atomic E-state index is -0.410. The highest BCUT2D eigenvalue weighted by Crippen LogP contribution is 2.45. The lowest BCUT2D eigenvalue weighted by atomic mass is 9.79. The van der Waals surface area contributed by atoms with Gasteiger partial charge in [0.25, 0.3) is 0 Å². The second-order valence-corrected chi connectivity index (χ2v) is 8.17.